The molecule has 0 spiro atoms. The molecule has 74 valence electrons. The van der Waals surface area contributed by atoms with Crippen LogP contribution in [0.5, 0.6) is 0 Å². The molecule has 0 atom stereocenters. The van der Waals surface area contributed by atoms with Crippen molar-refractivity contribution in [3.63, 3.8) is 0 Å². The van der Waals surface area contributed by atoms with Gasteiger partial charge in [-0.25, -0.2) is 0 Å². The molecule has 0 radical (unpaired) electrons. The van der Waals surface area contributed by atoms with Gasteiger partial charge >= 0.3 is 0 Å². The van der Waals surface area contributed by atoms with Gasteiger partial charge in [0.05, 0.1) is 0 Å². The third-order valence-electron chi connectivity index (χ3n) is 1.92. The Morgan fingerprint density at radius 3 is 2.79 bits per heavy atom. The van der Waals surface area contributed by atoms with Crippen LogP contribution >= 0.6 is 11.6 Å². The van der Waals surface area contributed by atoms with Crippen LogP contribution in [0.3, 0.4) is 0 Å². The van der Waals surface area contributed by atoms with E-state index in [-0.39, 0.29) is 0 Å². The topological polar surface area (TPSA) is 12.0 Å². The lowest BCUT2D eigenvalue weighted by molar-refractivity contribution is 0.588. The number of nitrogens with one attached hydrogen (secondary N) is 1. The summed E-state index contributed by atoms with van der Waals surface area (Å²) in [6.07, 6.45) is 5.39. The number of halogens is 1. The highest BCUT2D eigenvalue weighted by Crippen LogP contribution is 2.15. The standard InChI is InChI=1S/C12H14ClN/c1-4-10-5-6-12(13)7-11(10)8-14-9(2)3/h1,5-7,9,14H,8H2,2-3H3. The van der Waals surface area contributed by atoms with Crippen LogP contribution < -0.4 is 5.32 Å². The fourth-order valence-corrected chi connectivity index (χ4v) is 1.36. The van der Waals surface area contributed by atoms with E-state index in [1.165, 1.54) is 0 Å². The van der Waals surface area contributed by atoms with Gasteiger partial charge in [0, 0.05) is 23.2 Å². The molecule has 0 bridgehead atoms. The van der Waals surface area contributed by atoms with Gasteiger partial charge in [0.25, 0.3) is 0 Å². The number of terminal acetylenes is 1. The Hall–Kier alpha value is -0.970. The first-order chi connectivity index (χ1) is 6.63. The predicted molar refractivity (Wildman–Crippen MR) is 61.4 cm³/mol. The summed E-state index contributed by atoms with van der Waals surface area (Å²) in [5.41, 5.74) is 1.98. The molecule has 0 heterocycles. The normalized spacial score (nSPS) is 10.2. The highest BCUT2D eigenvalue weighted by atomic mass is 35.5. The maximum atomic E-state index is 5.89. The number of hydrogen-bond acceptors (Lipinski definition) is 1. The second-order valence-electron chi connectivity index (χ2n) is 3.48. The Labute approximate surface area is 90.5 Å². The van der Waals surface area contributed by atoms with Crippen LogP contribution in [0.4, 0.5) is 0 Å². The average Bonchev–Trinajstić information content (AvgIpc) is 2.15. The lowest BCUT2D eigenvalue weighted by Gasteiger charge is -2.10. The first-order valence-electron chi connectivity index (χ1n) is 4.62. The molecule has 0 saturated heterocycles. The van der Waals surface area contributed by atoms with E-state index in [2.05, 4.69) is 25.1 Å². The minimum atomic E-state index is 0.444. The summed E-state index contributed by atoms with van der Waals surface area (Å²) < 4.78 is 0. The SMILES string of the molecule is C#Cc1ccc(Cl)cc1CNC(C)C. The molecule has 2 heteroatoms. The van der Waals surface area contributed by atoms with Gasteiger partial charge in [-0.2, -0.15) is 0 Å². The highest BCUT2D eigenvalue weighted by molar-refractivity contribution is 6.30. The lowest BCUT2D eigenvalue weighted by Crippen LogP contribution is -2.22. The van der Waals surface area contributed by atoms with E-state index < -0.39 is 0 Å². The smallest absolute Gasteiger partial charge is 0.0410 e. The Bertz CT molecular complexity index is 350. The summed E-state index contributed by atoms with van der Waals surface area (Å²) in [5.74, 6) is 2.65. The van der Waals surface area contributed by atoms with Crippen LogP contribution in [0.25, 0.3) is 0 Å². The lowest BCUT2D eigenvalue weighted by atomic mass is 10.1. The van der Waals surface area contributed by atoms with E-state index in [0.717, 1.165) is 22.7 Å². The molecule has 1 aromatic carbocycles. The summed E-state index contributed by atoms with van der Waals surface area (Å²) in [6.45, 7) is 4.96. The van der Waals surface area contributed by atoms with Crippen molar-refractivity contribution >= 4 is 11.6 Å². The third kappa shape index (κ3) is 3.06. The second kappa shape index (κ2) is 5.05. The van der Waals surface area contributed by atoms with Gasteiger partial charge < -0.3 is 5.32 Å². The van der Waals surface area contributed by atoms with Gasteiger partial charge in [-0.15, -0.1) is 6.42 Å². The van der Waals surface area contributed by atoms with Crippen LogP contribution in [0, 0.1) is 12.3 Å². The molecule has 1 nitrogen and oxygen atoms in total. The van der Waals surface area contributed by atoms with Gasteiger partial charge in [-0.3, -0.25) is 0 Å². The molecule has 0 aliphatic heterocycles. The maximum absolute atomic E-state index is 5.89. The first kappa shape index (κ1) is 11.1. The van der Waals surface area contributed by atoms with Crippen LogP contribution in [0.15, 0.2) is 18.2 Å². The highest BCUT2D eigenvalue weighted by Gasteiger charge is 2.01. The Balaban J connectivity index is 2.84. The van der Waals surface area contributed by atoms with Crippen molar-refractivity contribution in [3.8, 4) is 12.3 Å². The summed E-state index contributed by atoms with van der Waals surface area (Å²) in [5, 5.41) is 4.04. The van der Waals surface area contributed by atoms with Crippen molar-refractivity contribution in [1.29, 1.82) is 0 Å². The van der Waals surface area contributed by atoms with Gasteiger partial charge in [0.1, 0.15) is 0 Å². The summed E-state index contributed by atoms with van der Waals surface area (Å²) in [4.78, 5) is 0. The molecule has 0 aromatic heterocycles. The van der Waals surface area contributed by atoms with Crippen molar-refractivity contribution in [2.75, 3.05) is 0 Å². The minimum absolute atomic E-state index is 0.444. The molecule has 0 unspecified atom stereocenters. The van der Waals surface area contributed by atoms with Crippen molar-refractivity contribution < 1.29 is 0 Å². The average molecular weight is 208 g/mol. The maximum Gasteiger partial charge on any atom is 0.0410 e. The molecule has 0 fully saturated rings. The molecule has 0 amide bonds. The molecule has 1 aromatic rings. The summed E-state index contributed by atoms with van der Waals surface area (Å²) in [6, 6.07) is 6.04. The molecular formula is C12H14ClN. The van der Waals surface area contributed by atoms with E-state index in [9.17, 15) is 0 Å². The fourth-order valence-electron chi connectivity index (χ4n) is 1.16. The van der Waals surface area contributed by atoms with Gasteiger partial charge in [-0.1, -0.05) is 31.4 Å². The zero-order chi connectivity index (χ0) is 10.6. The third-order valence-corrected chi connectivity index (χ3v) is 2.16. The Morgan fingerprint density at radius 1 is 1.50 bits per heavy atom. The van der Waals surface area contributed by atoms with E-state index in [1.807, 2.05) is 18.2 Å². The predicted octanol–water partition coefficient (Wildman–Crippen LogP) is 2.82. The number of rotatable bonds is 3. The second-order valence-corrected chi connectivity index (χ2v) is 3.92. The van der Waals surface area contributed by atoms with E-state index >= 15 is 0 Å². The van der Waals surface area contributed by atoms with Crippen molar-refractivity contribution in [3.05, 3.63) is 34.3 Å². The largest absolute Gasteiger partial charge is 0.310 e. The summed E-state index contributed by atoms with van der Waals surface area (Å²) >= 11 is 5.89. The van der Waals surface area contributed by atoms with E-state index in [4.69, 9.17) is 18.0 Å². The number of hydrogen-bond donors (Lipinski definition) is 1. The molecule has 0 aliphatic carbocycles. The minimum Gasteiger partial charge on any atom is -0.310 e. The van der Waals surface area contributed by atoms with Crippen molar-refractivity contribution in [2.45, 2.75) is 26.4 Å². The van der Waals surface area contributed by atoms with Crippen molar-refractivity contribution in [1.82, 2.24) is 5.32 Å². The van der Waals surface area contributed by atoms with E-state index in [0.29, 0.717) is 6.04 Å². The zero-order valence-electron chi connectivity index (χ0n) is 8.47. The van der Waals surface area contributed by atoms with Gasteiger partial charge in [0.15, 0.2) is 0 Å². The van der Waals surface area contributed by atoms with Crippen LogP contribution in [0.1, 0.15) is 25.0 Å². The molecule has 1 rings (SSSR count). The summed E-state index contributed by atoms with van der Waals surface area (Å²) in [7, 11) is 0. The van der Waals surface area contributed by atoms with Crippen molar-refractivity contribution in [2.24, 2.45) is 0 Å². The molecule has 0 saturated carbocycles. The van der Waals surface area contributed by atoms with Gasteiger partial charge in [0.2, 0.25) is 0 Å². The van der Waals surface area contributed by atoms with Crippen LogP contribution in [-0.4, -0.2) is 6.04 Å². The molecule has 14 heavy (non-hydrogen) atoms. The number of benzene rings is 1. The molecule has 1 N–H and O–H groups in total. The fraction of sp³-hybridized carbons (Fsp3) is 0.333. The molecular weight excluding hydrogens is 194 g/mol. The Kier molecular flexibility index (Phi) is 4.00. The first-order valence-corrected chi connectivity index (χ1v) is 4.99. The van der Waals surface area contributed by atoms with Crippen LogP contribution in [-0.2, 0) is 6.54 Å². The monoisotopic (exact) mass is 207 g/mol. The van der Waals surface area contributed by atoms with Gasteiger partial charge in [-0.05, 0) is 23.8 Å². The van der Waals surface area contributed by atoms with Crippen LogP contribution in [0.2, 0.25) is 5.02 Å². The zero-order valence-corrected chi connectivity index (χ0v) is 9.23. The quantitative estimate of drug-likeness (QED) is 0.752. The van der Waals surface area contributed by atoms with E-state index in [1.54, 1.807) is 0 Å². The Morgan fingerprint density at radius 2 is 2.21 bits per heavy atom. The molecule has 0 aliphatic rings.